The molecule has 2 heterocycles. The molecular formula is C57H44N4. The van der Waals surface area contributed by atoms with Crippen LogP contribution >= 0.6 is 0 Å². The molecule has 61 heavy (non-hydrogen) atoms. The van der Waals surface area contributed by atoms with Crippen molar-refractivity contribution < 1.29 is 0 Å². The van der Waals surface area contributed by atoms with Gasteiger partial charge in [-0.3, -0.25) is 0 Å². The minimum Gasteiger partial charge on any atom is -0.313 e. The molecule has 2 aromatic heterocycles. The summed E-state index contributed by atoms with van der Waals surface area (Å²) in [5, 5.41) is 2.44. The first-order valence-electron chi connectivity index (χ1n) is 21.0. The molecule has 0 saturated carbocycles. The average molecular weight is 785 g/mol. The van der Waals surface area contributed by atoms with E-state index in [1.165, 1.54) is 33.1 Å². The number of aromatic nitrogens is 3. The summed E-state index contributed by atoms with van der Waals surface area (Å²) in [7, 11) is 0. The minimum absolute atomic E-state index is 0.844. The van der Waals surface area contributed by atoms with E-state index < -0.39 is 0 Å². The molecule has 0 atom stereocenters. The first-order chi connectivity index (χ1) is 30.2. The fourth-order valence-corrected chi connectivity index (χ4v) is 8.57. The SMILES string of the molecule is CC/C=C\C=C(/C)n1c2ccccc2c2cc(N(c3ccccc3)c3ccc(-c4nc5cccc(-c6ccccc6-c6ccccc6)c5nc4-c4ccccc4)cc3)ccc21. The van der Waals surface area contributed by atoms with Crippen LogP contribution in [0.2, 0.25) is 0 Å². The van der Waals surface area contributed by atoms with Crippen molar-refractivity contribution in [1.82, 2.24) is 14.5 Å². The molecule has 4 heteroatoms. The predicted molar refractivity (Wildman–Crippen MR) is 258 cm³/mol. The van der Waals surface area contributed by atoms with Gasteiger partial charge in [-0.2, -0.15) is 0 Å². The number of para-hydroxylation sites is 3. The number of nitrogens with zero attached hydrogens (tertiary/aromatic N) is 4. The van der Waals surface area contributed by atoms with Gasteiger partial charge in [0, 0.05) is 50.2 Å². The second-order valence-corrected chi connectivity index (χ2v) is 15.3. The standard InChI is InChI=1S/C57H44N4/c1-3-4-8-20-40(2)60-53-32-18-17-29-49(53)51-39-46(37-38-54(51)60)61(44-25-13-7-14-26-44)45-35-33-43(34-36-45)55-56(42-23-11-6-12-24-42)59-57-50(30-19-31-52(57)58-55)48-28-16-15-27-47(48)41-21-9-5-10-22-41/h4-39H,3H2,1-2H3/b8-4-,40-20+. The summed E-state index contributed by atoms with van der Waals surface area (Å²) >= 11 is 0. The molecule has 0 aliphatic rings. The van der Waals surface area contributed by atoms with E-state index in [4.69, 9.17) is 9.97 Å². The van der Waals surface area contributed by atoms with Gasteiger partial charge < -0.3 is 9.47 Å². The van der Waals surface area contributed by atoms with Crippen LogP contribution in [0, 0.1) is 0 Å². The van der Waals surface area contributed by atoms with Gasteiger partial charge in [-0.05, 0) is 90.7 Å². The van der Waals surface area contributed by atoms with Crippen molar-refractivity contribution in [3.8, 4) is 44.8 Å². The molecule has 0 fully saturated rings. The maximum absolute atomic E-state index is 5.49. The van der Waals surface area contributed by atoms with E-state index in [9.17, 15) is 0 Å². The third kappa shape index (κ3) is 7.08. The van der Waals surface area contributed by atoms with Gasteiger partial charge in [-0.25, -0.2) is 9.97 Å². The van der Waals surface area contributed by atoms with E-state index in [0.29, 0.717) is 0 Å². The molecule has 0 aliphatic carbocycles. The van der Waals surface area contributed by atoms with Crippen molar-refractivity contribution in [2.75, 3.05) is 4.90 Å². The third-order valence-electron chi connectivity index (χ3n) is 11.4. The molecule has 0 unspecified atom stereocenters. The molecule has 0 aliphatic heterocycles. The summed E-state index contributed by atoms with van der Waals surface area (Å²) < 4.78 is 2.37. The summed E-state index contributed by atoms with van der Waals surface area (Å²) in [6.45, 7) is 4.35. The predicted octanol–water partition coefficient (Wildman–Crippen LogP) is 15.7. The van der Waals surface area contributed by atoms with Gasteiger partial charge in [-0.15, -0.1) is 0 Å². The van der Waals surface area contributed by atoms with Crippen LogP contribution in [0.3, 0.4) is 0 Å². The van der Waals surface area contributed by atoms with Crippen molar-refractivity contribution in [2.24, 2.45) is 0 Å². The van der Waals surface area contributed by atoms with E-state index >= 15 is 0 Å². The molecule has 4 nitrogen and oxygen atoms in total. The Kier molecular flexibility index (Phi) is 10.1. The van der Waals surface area contributed by atoms with Crippen LogP contribution in [-0.4, -0.2) is 14.5 Å². The van der Waals surface area contributed by atoms with Crippen molar-refractivity contribution in [2.45, 2.75) is 20.3 Å². The lowest BCUT2D eigenvalue weighted by atomic mass is 9.93. The lowest BCUT2D eigenvalue weighted by molar-refractivity contribution is 1.19. The molecule has 292 valence electrons. The summed E-state index contributed by atoms with van der Waals surface area (Å²) in [4.78, 5) is 13.2. The lowest BCUT2D eigenvalue weighted by Crippen LogP contribution is -2.09. The van der Waals surface area contributed by atoms with Crippen LogP contribution in [0.1, 0.15) is 20.3 Å². The van der Waals surface area contributed by atoms with Crippen molar-refractivity contribution in [3.05, 3.63) is 218 Å². The topological polar surface area (TPSA) is 34.0 Å². The molecule has 8 aromatic carbocycles. The zero-order valence-corrected chi connectivity index (χ0v) is 34.3. The Morgan fingerprint density at radius 1 is 0.492 bits per heavy atom. The number of benzene rings is 8. The fourth-order valence-electron chi connectivity index (χ4n) is 8.57. The summed E-state index contributed by atoms with van der Waals surface area (Å²) in [6.07, 6.45) is 7.55. The Morgan fingerprint density at radius 3 is 1.82 bits per heavy atom. The van der Waals surface area contributed by atoms with E-state index in [1.54, 1.807) is 0 Å². The quantitative estimate of drug-likeness (QED) is 0.130. The molecule has 0 saturated heterocycles. The molecule has 0 spiro atoms. The highest BCUT2D eigenvalue weighted by Gasteiger charge is 2.20. The number of rotatable bonds is 10. The van der Waals surface area contributed by atoms with Crippen LogP contribution in [0.5, 0.6) is 0 Å². The number of allylic oxidation sites excluding steroid dienone is 4. The van der Waals surface area contributed by atoms with Crippen molar-refractivity contribution in [3.63, 3.8) is 0 Å². The number of anilines is 3. The highest BCUT2D eigenvalue weighted by Crippen LogP contribution is 2.42. The molecule has 0 bridgehead atoms. The normalized spacial score (nSPS) is 11.9. The maximum Gasteiger partial charge on any atom is 0.0973 e. The van der Waals surface area contributed by atoms with Crippen LogP contribution in [0.25, 0.3) is 83.3 Å². The van der Waals surface area contributed by atoms with E-state index in [1.807, 2.05) is 6.07 Å². The summed E-state index contributed by atoms with van der Waals surface area (Å²) in [6, 6.07) is 70.8. The van der Waals surface area contributed by atoms with Gasteiger partial charge in [0.25, 0.3) is 0 Å². The second-order valence-electron chi connectivity index (χ2n) is 15.3. The van der Waals surface area contributed by atoms with Crippen molar-refractivity contribution in [1.29, 1.82) is 0 Å². The Hall–Kier alpha value is -7.82. The van der Waals surface area contributed by atoms with Crippen LogP contribution in [0.15, 0.2) is 218 Å². The van der Waals surface area contributed by atoms with Gasteiger partial charge in [-0.1, -0.05) is 165 Å². The van der Waals surface area contributed by atoms with Gasteiger partial charge in [0.1, 0.15) is 0 Å². The maximum atomic E-state index is 5.49. The molecule has 10 rings (SSSR count). The van der Waals surface area contributed by atoms with Crippen LogP contribution in [-0.2, 0) is 0 Å². The third-order valence-corrected chi connectivity index (χ3v) is 11.4. The Labute approximate surface area is 357 Å². The average Bonchev–Trinajstić information content (AvgIpc) is 3.66. The molecule has 0 amide bonds. The Balaban J connectivity index is 1.10. The smallest absolute Gasteiger partial charge is 0.0973 e. The largest absolute Gasteiger partial charge is 0.313 e. The van der Waals surface area contributed by atoms with Gasteiger partial charge in [0.05, 0.1) is 33.5 Å². The van der Waals surface area contributed by atoms with Gasteiger partial charge >= 0.3 is 0 Å². The molecule has 0 N–H and O–H groups in total. The zero-order chi connectivity index (χ0) is 41.1. The molecular weight excluding hydrogens is 741 g/mol. The lowest BCUT2D eigenvalue weighted by Gasteiger charge is -2.26. The van der Waals surface area contributed by atoms with E-state index in [2.05, 4.69) is 236 Å². The fraction of sp³-hybridized carbons (Fsp3) is 0.0526. The summed E-state index contributed by atoms with van der Waals surface area (Å²) in [5.74, 6) is 0. The minimum atomic E-state index is 0.844. The van der Waals surface area contributed by atoms with Gasteiger partial charge in [0.15, 0.2) is 0 Å². The first kappa shape index (κ1) is 37.5. The summed E-state index contributed by atoms with van der Waals surface area (Å²) in [5.41, 5.74) is 16.7. The van der Waals surface area contributed by atoms with Gasteiger partial charge in [0.2, 0.25) is 0 Å². The molecule has 10 aromatic rings. The second kappa shape index (κ2) is 16.4. The van der Waals surface area contributed by atoms with E-state index in [0.717, 1.165) is 73.7 Å². The highest BCUT2D eigenvalue weighted by molar-refractivity contribution is 6.11. The van der Waals surface area contributed by atoms with Crippen LogP contribution < -0.4 is 4.90 Å². The highest BCUT2D eigenvalue weighted by atomic mass is 15.1. The van der Waals surface area contributed by atoms with E-state index in [-0.39, 0.29) is 0 Å². The number of fused-ring (bicyclic) bond motifs is 4. The number of hydrogen-bond acceptors (Lipinski definition) is 3. The zero-order valence-electron chi connectivity index (χ0n) is 34.3. The Morgan fingerprint density at radius 2 is 1.07 bits per heavy atom. The first-order valence-corrected chi connectivity index (χ1v) is 21.0. The Bertz CT molecular complexity index is 3220. The number of hydrogen-bond donors (Lipinski definition) is 0. The van der Waals surface area contributed by atoms with Crippen LogP contribution in [0.4, 0.5) is 17.1 Å². The monoisotopic (exact) mass is 784 g/mol. The van der Waals surface area contributed by atoms with Crippen molar-refractivity contribution >= 4 is 55.6 Å². The molecule has 0 radical (unpaired) electrons.